The Balaban J connectivity index is 2.24. The number of ether oxygens (including phenoxy) is 1. The Morgan fingerprint density at radius 3 is 2.73 bits per heavy atom. The van der Waals surface area contributed by atoms with Crippen LogP contribution in [0.4, 0.5) is 0 Å². The van der Waals surface area contributed by atoms with E-state index in [0.717, 1.165) is 19.3 Å². The van der Waals surface area contributed by atoms with Gasteiger partial charge in [-0.2, -0.15) is 4.31 Å². The predicted molar refractivity (Wildman–Crippen MR) is 94.4 cm³/mol. The van der Waals surface area contributed by atoms with Gasteiger partial charge < -0.3 is 15.2 Å². The fourth-order valence-corrected chi connectivity index (χ4v) is 4.69. The first kappa shape index (κ1) is 20.3. The average molecular weight is 384 g/mol. The highest BCUT2D eigenvalue weighted by Crippen LogP contribution is 2.25. The van der Waals surface area contributed by atoms with Gasteiger partial charge in [0, 0.05) is 25.3 Å². The molecule has 1 aromatic rings. The maximum absolute atomic E-state index is 12.9. The van der Waals surface area contributed by atoms with Crippen LogP contribution in [0.5, 0.6) is 0 Å². The standard InChI is InChI=1S/C17H24N2O6S/c1-12-6-3-4-9-19(12)26(23,24)14-8-5-7-13(10-14)16(20)18-15(11-25-2)17(21)22/h5,7-8,10,12,15H,3-4,6,9,11H2,1-2H3,(H,18,20)(H,21,22). The van der Waals surface area contributed by atoms with Crippen LogP contribution in [0.2, 0.25) is 0 Å². The van der Waals surface area contributed by atoms with Crippen LogP contribution in [0.15, 0.2) is 29.2 Å². The van der Waals surface area contributed by atoms with Gasteiger partial charge in [0.1, 0.15) is 0 Å². The van der Waals surface area contributed by atoms with E-state index < -0.39 is 27.9 Å². The number of hydrogen-bond donors (Lipinski definition) is 2. The molecule has 0 aromatic heterocycles. The van der Waals surface area contributed by atoms with E-state index in [1.165, 1.54) is 35.7 Å². The molecule has 26 heavy (non-hydrogen) atoms. The second-order valence-electron chi connectivity index (χ2n) is 6.31. The fourth-order valence-electron chi connectivity index (χ4n) is 2.94. The Morgan fingerprint density at radius 2 is 2.12 bits per heavy atom. The third-order valence-corrected chi connectivity index (χ3v) is 6.39. The molecule has 1 aromatic carbocycles. The molecule has 8 nitrogen and oxygen atoms in total. The minimum atomic E-state index is -3.71. The molecule has 1 fully saturated rings. The highest BCUT2D eigenvalue weighted by molar-refractivity contribution is 7.89. The summed E-state index contributed by atoms with van der Waals surface area (Å²) in [5.74, 6) is -1.90. The van der Waals surface area contributed by atoms with Gasteiger partial charge in [-0.1, -0.05) is 12.5 Å². The molecule has 2 N–H and O–H groups in total. The number of sulfonamides is 1. The van der Waals surface area contributed by atoms with Gasteiger partial charge in [0.25, 0.3) is 5.91 Å². The van der Waals surface area contributed by atoms with Crippen LogP contribution in [-0.4, -0.2) is 62.1 Å². The topological polar surface area (TPSA) is 113 Å². The summed E-state index contributed by atoms with van der Waals surface area (Å²) in [6.07, 6.45) is 2.60. The van der Waals surface area contributed by atoms with Crippen LogP contribution >= 0.6 is 0 Å². The van der Waals surface area contributed by atoms with Gasteiger partial charge in [0.2, 0.25) is 10.0 Å². The zero-order chi connectivity index (χ0) is 19.3. The van der Waals surface area contributed by atoms with E-state index in [1.807, 2.05) is 6.92 Å². The minimum absolute atomic E-state index is 0.0255. The highest BCUT2D eigenvalue weighted by atomic mass is 32.2. The molecule has 0 bridgehead atoms. The third-order valence-electron chi connectivity index (χ3n) is 4.38. The van der Waals surface area contributed by atoms with Crippen molar-refractivity contribution >= 4 is 21.9 Å². The second-order valence-corrected chi connectivity index (χ2v) is 8.20. The molecule has 2 unspecified atom stereocenters. The fraction of sp³-hybridized carbons (Fsp3) is 0.529. The first-order valence-corrected chi connectivity index (χ1v) is 9.86. The van der Waals surface area contributed by atoms with Gasteiger partial charge in [0.15, 0.2) is 6.04 Å². The average Bonchev–Trinajstić information content (AvgIpc) is 2.61. The number of piperidine rings is 1. The van der Waals surface area contributed by atoms with Gasteiger partial charge >= 0.3 is 5.97 Å². The molecular formula is C17H24N2O6S. The van der Waals surface area contributed by atoms with E-state index in [-0.39, 0.29) is 23.1 Å². The lowest BCUT2D eigenvalue weighted by Crippen LogP contribution is -2.44. The van der Waals surface area contributed by atoms with Gasteiger partial charge in [-0.25, -0.2) is 13.2 Å². The molecule has 144 valence electrons. The maximum Gasteiger partial charge on any atom is 0.328 e. The zero-order valence-corrected chi connectivity index (χ0v) is 15.7. The number of carboxylic acid groups (broad SMARTS) is 1. The van der Waals surface area contributed by atoms with Crippen molar-refractivity contribution < 1.29 is 27.9 Å². The van der Waals surface area contributed by atoms with Crippen molar-refractivity contribution in [1.82, 2.24) is 9.62 Å². The van der Waals surface area contributed by atoms with Gasteiger partial charge in [-0.15, -0.1) is 0 Å². The lowest BCUT2D eigenvalue weighted by atomic mass is 10.1. The number of methoxy groups -OCH3 is 1. The Hall–Kier alpha value is -1.97. The Morgan fingerprint density at radius 1 is 1.38 bits per heavy atom. The molecule has 1 aliphatic heterocycles. The van der Waals surface area contributed by atoms with E-state index in [1.54, 1.807) is 0 Å². The van der Waals surface area contributed by atoms with E-state index in [0.29, 0.717) is 6.54 Å². The van der Waals surface area contributed by atoms with E-state index in [9.17, 15) is 18.0 Å². The van der Waals surface area contributed by atoms with E-state index >= 15 is 0 Å². The molecule has 0 spiro atoms. The summed E-state index contributed by atoms with van der Waals surface area (Å²) in [6, 6.07) is 4.33. The van der Waals surface area contributed by atoms with Gasteiger partial charge in [-0.05, 0) is 38.0 Å². The van der Waals surface area contributed by atoms with E-state index in [4.69, 9.17) is 9.84 Å². The van der Waals surface area contributed by atoms with Crippen LogP contribution < -0.4 is 5.32 Å². The van der Waals surface area contributed by atoms with Crippen molar-refractivity contribution in [3.8, 4) is 0 Å². The van der Waals surface area contributed by atoms with Crippen LogP contribution in [0.25, 0.3) is 0 Å². The monoisotopic (exact) mass is 384 g/mol. The van der Waals surface area contributed by atoms with Crippen molar-refractivity contribution in [3.05, 3.63) is 29.8 Å². The smallest absolute Gasteiger partial charge is 0.328 e. The van der Waals surface area contributed by atoms with Crippen LogP contribution in [0.3, 0.4) is 0 Å². The maximum atomic E-state index is 12.9. The molecule has 0 saturated carbocycles. The molecule has 9 heteroatoms. The molecule has 2 atom stereocenters. The lowest BCUT2D eigenvalue weighted by molar-refractivity contribution is -0.140. The number of rotatable bonds is 7. The number of amides is 1. The van der Waals surface area contributed by atoms with Crippen LogP contribution in [0.1, 0.15) is 36.5 Å². The molecule has 1 heterocycles. The zero-order valence-electron chi connectivity index (χ0n) is 14.8. The van der Waals surface area contributed by atoms with Crippen molar-refractivity contribution in [1.29, 1.82) is 0 Å². The first-order chi connectivity index (χ1) is 12.3. The summed E-state index contributed by atoms with van der Waals surface area (Å²) in [5, 5.41) is 11.4. The van der Waals surface area contributed by atoms with Crippen molar-refractivity contribution in [2.45, 2.75) is 43.2 Å². The summed E-state index contributed by atoms with van der Waals surface area (Å²) in [6.45, 7) is 2.13. The minimum Gasteiger partial charge on any atom is -0.480 e. The Bertz CT molecular complexity index is 764. The number of nitrogens with zero attached hydrogens (tertiary/aromatic N) is 1. The number of aliphatic carboxylic acids is 1. The molecule has 0 aliphatic carbocycles. The molecule has 1 saturated heterocycles. The normalized spacial score (nSPS) is 19.7. The van der Waals surface area contributed by atoms with Gasteiger partial charge in [-0.3, -0.25) is 4.79 Å². The number of hydrogen-bond acceptors (Lipinski definition) is 5. The summed E-state index contributed by atoms with van der Waals surface area (Å²) in [5.41, 5.74) is 0.0816. The number of carboxylic acids is 1. The Kier molecular flexibility index (Phi) is 6.74. The first-order valence-electron chi connectivity index (χ1n) is 8.42. The number of nitrogens with one attached hydrogen (secondary N) is 1. The molecule has 2 rings (SSSR count). The summed E-state index contributed by atoms with van der Waals surface area (Å²) < 4.78 is 32.0. The SMILES string of the molecule is COCC(NC(=O)c1cccc(S(=O)(=O)N2CCCCC2C)c1)C(=O)O. The van der Waals surface area contributed by atoms with Crippen molar-refractivity contribution in [2.24, 2.45) is 0 Å². The van der Waals surface area contributed by atoms with Crippen LogP contribution in [-0.2, 0) is 19.6 Å². The number of carbonyl (C=O) groups excluding carboxylic acids is 1. The third kappa shape index (κ3) is 4.60. The number of benzene rings is 1. The van der Waals surface area contributed by atoms with E-state index in [2.05, 4.69) is 5.32 Å². The van der Waals surface area contributed by atoms with Crippen molar-refractivity contribution in [3.63, 3.8) is 0 Å². The molecular weight excluding hydrogens is 360 g/mol. The predicted octanol–water partition coefficient (Wildman–Crippen LogP) is 1.08. The lowest BCUT2D eigenvalue weighted by Gasteiger charge is -2.32. The largest absolute Gasteiger partial charge is 0.480 e. The van der Waals surface area contributed by atoms with Gasteiger partial charge in [0.05, 0.1) is 11.5 Å². The summed E-state index contributed by atoms with van der Waals surface area (Å²) in [7, 11) is -2.38. The number of carbonyl (C=O) groups is 2. The summed E-state index contributed by atoms with van der Waals surface area (Å²) in [4.78, 5) is 23.5. The van der Waals surface area contributed by atoms with Crippen molar-refractivity contribution in [2.75, 3.05) is 20.3 Å². The van der Waals surface area contributed by atoms with Crippen LogP contribution in [0, 0.1) is 0 Å². The molecule has 0 radical (unpaired) electrons. The quantitative estimate of drug-likeness (QED) is 0.727. The Labute approximate surface area is 153 Å². The molecule has 1 amide bonds. The summed E-state index contributed by atoms with van der Waals surface area (Å²) >= 11 is 0. The second kappa shape index (κ2) is 8.61. The highest BCUT2D eigenvalue weighted by Gasteiger charge is 2.31. The molecule has 1 aliphatic rings.